The Balaban J connectivity index is 0.816. The van der Waals surface area contributed by atoms with E-state index in [1.807, 2.05) is 24.3 Å². The average molecular weight is 871 g/mol. The number of hydrogen-bond acceptors (Lipinski definition) is 10. The van der Waals surface area contributed by atoms with Crippen molar-refractivity contribution in [2.75, 3.05) is 88.3 Å². The number of ether oxygens (including phenoxy) is 1. The summed E-state index contributed by atoms with van der Waals surface area (Å²) in [5, 5.41) is 12.4. The lowest BCUT2D eigenvalue weighted by Crippen LogP contribution is -2.74. The molecular formula is C43H54ClF3N8O4S. The molecule has 3 aromatic rings. The summed E-state index contributed by atoms with van der Waals surface area (Å²) in [6, 6.07) is 15.8. The maximum absolute atomic E-state index is 13.6. The van der Waals surface area contributed by atoms with Crippen LogP contribution in [0.25, 0.3) is 0 Å². The topological polar surface area (TPSA) is 125 Å². The Hall–Kier alpha value is -4.14. The van der Waals surface area contributed by atoms with Gasteiger partial charge in [-0.25, -0.2) is 8.42 Å². The van der Waals surface area contributed by atoms with Crippen LogP contribution in [0.15, 0.2) is 60.9 Å². The van der Waals surface area contributed by atoms with Gasteiger partial charge < -0.3 is 24.8 Å². The van der Waals surface area contributed by atoms with Crippen LogP contribution >= 0.6 is 11.6 Å². The van der Waals surface area contributed by atoms with Crippen molar-refractivity contribution in [1.29, 1.82) is 5.26 Å². The zero-order chi connectivity index (χ0) is 43.0. The van der Waals surface area contributed by atoms with Crippen molar-refractivity contribution in [2.24, 2.45) is 10.8 Å². The van der Waals surface area contributed by atoms with E-state index in [9.17, 15) is 31.6 Å². The first-order valence-corrected chi connectivity index (χ1v) is 22.5. The van der Waals surface area contributed by atoms with Crippen molar-refractivity contribution in [3.8, 4) is 11.8 Å². The van der Waals surface area contributed by atoms with Crippen LogP contribution in [0.5, 0.6) is 5.75 Å². The molecule has 0 bridgehead atoms. The van der Waals surface area contributed by atoms with Crippen molar-refractivity contribution in [1.82, 2.24) is 24.4 Å². The predicted octanol–water partition coefficient (Wildman–Crippen LogP) is 5.98. The fourth-order valence-corrected chi connectivity index (χ4v) is 11.9. The zero-order valence-electron chi connectivity index (χ0n) is 34.6. The Morgan fingerprint density at radius 2 is 1.43 bits per heavy atom. The number of nitriles is 1. The molecule has 3 saturated heterocycles. The van der Waals surface area contributed by atoms with Gasteiger partial charge in [-0.3, -0.25) is 14.7 Å². The third kappa shape index (κ3) is 9.21. The minimum absolute atomic E-state index is 0.132. The summed E-state index contributed by atoms with van der Waals surface area (Å²) in [6.07, 6.45) is -1.38. The van der Waals surface area contributed by atoms with Gasteiger partial charge in [-0.05, 0) is 68.4 Å². The first-order chi connectivity index (χ1) is 28.4. The van der Waals surface area contributed by atoms with Crippen molar-refractivity contribution in [3.63, 3.8) is 0 Å². The minimum atomic E-state index is -4.49. The largest absolute Gasteiger partial charge is 0.489 e. The van der Waals surface area contributed by atoms with Gasteiger partial charge in [0.1, 0.15) is 17.9 Å². The first kappa shape index (κ1) is 43.9. The first-order valence-electron chi connectivity index (χ1n) is 20.6. The zero-order valence-corrected chi connectivity index (χ0v) is 36.2. The summed E-state index contributed by atoms with van der Waals surface area (Å²) in [5.41, 5.74) is 0.863. The number of halogens is 4. The molecule has 0 radical (unpaired) electrons. The highest BCUT2D eigenvalue weighted by molar-refractivity contribution is 7.89. The fourth-order valence-electron chi connectivity index (χ4n) is 9.74. The number of likely N-dealkylation sites (tertiary alicyclic amines) is 1. The number of piperidine rings is 1. The molecule has 1 aromatic heterocycles. The van der Waals surface area contributed by atoms with Gasteiger partial charge in [0.15, 0.2) is 0 Å². The molecule has 17 heteroatoms. The molecule has 1 saturated carbocycles. The van der Waals surface area contributed by atoms with Gasteiger partial charge in [0.05, 0.1) is 33.3 Å². The Kier molecular flexibility index (Phi) is 12.7. The maximum Gasteiger partial charge on any atom is 0.417 e. The highest BCUT2D eigenvalue weighted by atomic mass is 35.5. The van der Waals surface area contributed by atoms with Crippen LogP contribution in [0, 0.1) is 22.2 Å². The second-order valence-electron chi connectivity index (χ2n) is 17.6. The van der Waals surface area contributed by atoms with E-state index in [-0.39, 0.29) is 42.0 Å². The number of piperazine rings is 2. The maximum atomic E-state index is 13.6. The number of pyridine rings is 1. The summed E-state index contributed by atoms with van der Waals surface area (Å²) < 4.78 is 74.5. The number of aromatic nitrogens is 1. The molecule has 3 aliphatic heterocycles. The Labute approximate surface area is 356 Å². The van der Waals surface area contributed by atoms with E-state index in [0.717, 1.165) is 57.2 Å². The van der Waals surface area contributed by atoms with Crippen molar-refractivity contribution < 1.29 is 31.1 Å². The number of carbonyl (C=O) groups is 1. The van der Waals surface area contributed by atoms with Crippen LogP contribution in [0.2, 0.25) is 5.02 Å². The van der Waals surface area contributed by atoms with Crippen molar-refractivity contribution in [2.45, 2.75) is 64.1 Å². The summed E-state index contributed by atoms with van der Waals surface area (Å²) in [4.78, 5) is 26.1. The third-order valence-electron chi connectivity index (χ3n) is 13.0. The third-order valence-corrected chi connectivity index (χ3v) is 15.7. The number of benzene rings is 2. The Bertz CT molecular complexity index is 2150. The molecule has 1 N–H and O–H groups in total. The van der Waals surface area contributed by atoms with Gasteiger partial charge in [-0.15, -0.1) is 0 Å². The van der Waals surface area contributed by atoms with E-state index < -0.39 is 27.0 Å². The normalized spacial score (nSPS) is 23.1. The van der Waals surface area contributed by atoms with Gasteiger partial charge >= 0.3 is 6.18 Å². The molecule has 4 heterocycles. The molecule has 2 aromatic carbocycles. The van der Waals surface area contributed by atoms with E-state index in [2.05, 4.69) is 58.8 Å². The number of hydrogen-bond donors (Lipinski definition) is 1. The number of nitrogens with one attached hydrogen (secondary N) is 1. The Morgan fingerprint density at radius 1 is 0.850 bits per heavy atom. The molecule has 1 aliphatic carbocycles. The molecule has 12 nitrogen and oxygen atoms in total. The van der Waals surface area contributed by atoms with Gasteiger partial charge in [0.25, 0.3) is 5.91 Å². The molecule has 7 rings (SSSR count). The second kappa shape index (κ2) is 17.3. The monoisotopic (exact) mass is 870 g/mol. The van der Waals surface area contributed by atoms with E-state index in [0.29, 0.717) is 66.6 Å². The quantitative estimate of drug-likeness (QED) is 0.246. The fraction of sp³-hybridized carbons (Fsp3) is 0.558. The van der Waals surface area contributed by atoms with Gasteiger partial charge in [-0.2, -0.15) is 22.7 Å². The van der Waals surface area contributed by atoms with Gasteiger partial charge in [-0.1, -0.05) is 39.3 Å². The van der Waals surface area contributed by atoms with Gasteiger partial charge in [0, 0.05) is 106 Å². The molecule has 324 valence electrons. The second-order valence-corrected chi connectivity index (χ2v) is 20.2. The summed E-state index contributed by atoms with van der Waals surface area (Å²) in [6.45, 7) is 16.1. The summed E-state index contributed by atoms with van der Waals surface area (Å²) >= 11 is 6.24. The molecule has 60 heavy (non-hydrogen) atoms. The number of carbonyl (C=O) groups excluding carboxylic acids is 1. The molecule has 0 unspecified atom stereocenters. The van der Waals surface area contributed by atoms with Crippen LogP contribution in [-0.4, -0.2) is 129 Å². The van der Waals surface area contributed by atoms with Crippen molar-refractivity contribution >= 4 is 38.9 Å². The number of nitrogens with zero attached hydrogens (tertiary/aromatic N) is 7. The summed E-state index contributed by atoms with van der Waals surface area (Å²) in [5.74, 6) is 0.456. The van der Waals surface area contributed by atoms with Crippen LogP contribution in [0.3, 0.4) is 0 Å². The van der Waals surface area contributed by atoms with Crippen molar-refractivity contribution in [3.05, 3.63) is 82.6 Å². The molecule has 4 fully saturated rings. The number of sulfonamides is 1. The van der Waals surface area contributed by atoms with E-state index in [1.54, 1.807) is 23.1 Å². The smallest absolute Gasteiger partial charge is 0.417 e. The minimum Gasteiger partial charge on any atom is -0.489 e. The highest BCUT2D eigenvalue weighted by Gasteiger charge is 2.64. The Morgan fingerprint density at radius 3 is 2.02 bits per heavy atom. The highest BCUT2D eigenvalue weighted by Crippen LogP contribution is 2.55. The van der Waals surface area contributed by atoms with Gasteiger partial charge in [0.2, 0.25) is 10.0 Å². The molecular weight excluding hydrogens is 817 g/mol. The number of alkyl halides is 3. The summed E-state index contributed by atoms with van der Waals surface area (Å²) in [7, 11) is -3.52. The molecule has 0 spiro atoms. The average Bonchev–Trinajstić information content (AvgIpc) is 3.24. The standard InChI is InChI=1S/C43H54ClF3N8O4S/c1-41(2)39(42(3,4)40(41)59-35-10-7-31(27-48)37(44)26-35)50-38(56)30-5-8-33(9-6-30)53-19-17-52(18-20-53)16-15-51-13-11-36(12-14-51)60(57,58)55-23-21-54(22-24-55)34-25-32(28-49-29-34)43(45,46)47/h5-10,25-26,28-29,36,39-40H,11-24H2,1-4H3,(H,50,56). The predicted molar refractivity (Wildman–Crippen MR) is 226 cm³/mol. The van der Waals surface area contributed by atoms with E-state index in [1.165, 1.54) is 10.5 Å². The lowest BCUT2D eigenvalue weighted by molar-refractivity contribution is -0.164. The van der Waals surface area contributed by atoms with E-state index >= 15 is 0 Å². The number of anilines is 2. The number of rotatable bonds is 11. The van der Waals surface area contributed by atoms with Crippen LogP contribution in [0.1, 0.15) is 62.0 Å². The van der Waals surface area contributed by atoms with Crippen LogP contribution < -0.4 is 19.9 Å². The molecule has 0 atom stereocenters. The van der Waals surface area contributed by atoms with E-state index in [4.69, 9.17) is 16.3 Å². The number of amides is 1. The van der Waals surface area contributed by atoms with Crippen LogP contribution in [-0.2, 0) is 16.2 Å². The lowest BCUT2D eigenvalue weighted by atomic mass is 9.49. The lowest BCUT2D eigenvalue weighted by Gasteiger charge is -2.63. The SMILES string of the molecule is CC1(C)C(NC(=O)c2ccc(N3CCN(CCN4CCC(S(=O)(=O)N5CCN(c6cncc(C(F)(F)F)c6)CC5)CC4)CC3)cc2)C(C)(C)C1Oc1ccc(C#N)c(Cl)c1. The molecule has 1 amide bonds. The molecule has 4 aliphatic rings. The van der Waals surface area contributed by atoms with Crippen LogP contribution in [0.4, 0.5) is 24.5 Å².